The van der Waals surface area contributed by atoms with Crippen LogP contribution in [0.5, 0.6) is 34.5 Å². The highest BCUT2D eigenvalue weighted by atomic mass is 16.5. The minimum Gasteiger partial charge on any atom is -0.507 e. The monoisotopic (exact) mass is 1000 g/mol. The molecule has 0 bridgehead atoms. The van der Waals surface area contributed by atoms with Gasteiger partial charge in [-0.3, -0.25) is 9.98 Å². The van der Waals surface area contributed by atoms with Crippen molar-refractivity contribution in [3.63, 3.8) is 0 Å². The number of carbonyl (C=O) groups excluding carboxylic acids is 2. The van der Waals surface area contributed by atoms with Gasteiger partial charge in [-0.1, -0.05) is 174 Å². The molecular formula is C63H90N2O8. The van der Waals surface area contributed by atoms with E-state index in [9.17, 15) is 19.8 Å². The fourth-order valence-electron chi connectivity index (χ4n) is 8.63. The number of carbonyl (C=O) groups is 2. The number of hydrogen-bond acceptors (Lipinski definition) is 10. The molecule has 10 nitrogen and oxygen atoms in total. The summed E-state index contributed by atoms with van der Waals surface area (Å²) in [4.78, 5) is 34.5. The molecule has 0 atom stereocenters. The van der Waals surface area contributed by atoms with Crippen LogP contribution in [-0.4, -0.2) is 60.9 Å². The molecule has 4 rings (SSSR count). The maximum atomic E-state index is 12.8. The maximum Gasteiger partial charge on any atom is 0.343 e. The van der Waals surface area contributed by atoms with Crippen molar-refractivity contribution < 1.29 is 38.7 Å². The zero-order chi connectivity index (χ0) is 51.8. The molecule has 0 unspecified atom stereocenters. The van der Waals surface area contributed by atoms with E-state index in [0.717, 1.165) is 56.4 Å². The summed E-state index contributed by atoms with van der Waals surface area (Å²) in [6.45, 7) is 7.13. The summed E-state index contributed by atoms with van der Waals surface area (Å²) >= 11 is 0. The van der Waals surface area contributed by atoms with Gasteiger partial charge in [-0.05, 0) is 98.5 Å². The first-order chi connectivity index (χ1) is 35.9. The summed E-state index contributed by atoms with van der Waals surface area (Å²) in [5.74, 6) is 0.952. The third-order valence-electron chi connectivity index (χ3n) is 13.2. The zero-order valence-electron chi connectivity index (χ0n) is 44.8. The highest BCUT2D eigenvalue weighted by Gasteiger charge is 2.13. The molecule has 0 radical (unpaired) electrons. The smallest absolute Gasteiger partial charge is 0.343 e. The average Bonchev–Trinajstić information content (AvgIpc) is 3.39. The van der Waals surface area contributed by atoms with Crippen LogP contribution in [0.2, 0.25) is 0 Å². The molecule has 0 fully saturated rings. The van der Waals surface area contributed by atoms with Crippen molar-refractivity contribution in [2.75, 3.05) is 26.3 Å². The fourth-order valence-corrected chi connectivity index (χ4v) is 8.63. The first-order valence-electron chi connectivity index (χ1n) is 28.4. The molecule has 0 aromatic heterocycles. The van der Waals surface area contributed by atoms with Gasteiger partial charge >= 0.3 is 11.9 Å². The van der Waals surface area contributed by atoms with E-state index in [1.54, 1.807) is 85.2 Å². The topological polar surface area (TPSA) is 136 Å². The lowest BCUT2D eigenvalue weighted by Crippen LogP contribution is -2.08. The van der Waals surface area contributed by atoms with Gasteiger partial charge in [0.2, 0.25) is 0 Å². The van der Waals surface area contributed by atoms with Crippen LogP contribution in [-0.2, 0) is 0 Å². The van der Waals surface area contributed by atoms with Gasteiger partial charge in [0, 0.05) is 48.8 Å². The number of phenols is 2. The van der Waals surface area contributed by atoms with Crippen molar-refractivity contribution >= 4 is 24.4 Å². The van der Waals surface area contributed by atoms with E-state index >= 15 is 0 Å². The Morgan fingerprint density at radius 1 is 0.384 bits per heavy atom. The number of hydrogen-bond donors (Lipinski definition) is 2. The molecule has 0 spiro atoms. The summed E-state index contributed by atoms with van der Waals surface area (Å²) in [5, 5.41) is 21.1. The molecule has 0 aliphatic rings. The summed E-state index contributed by atoms with van der Waals surface area (Å²) < 4.78 is 22.8. The third-order valence-corrected chi connectivity index (χ3v) is 13.2. The number of unbranched alkanes of at least 4 members (excludes halogenated alkanes) is 26. The summed E-state index contributed by atoms with van der Waals surface area (Å²) in [7, 11) is 0. The zero-order valence-corrected chi connectivity index (χ0v) is 44.8. The van der Waals surface area contributed by atoms with Gasteiger partial charge in [-0.15, -0.1) is 0 Å². The van der Waals surface area contributed by atoms with Crippen LogP contribution in [0, 0.1) is 0 Å². The van der Waals surface area contributed by atoms with E-state index in [4.69, 9.17) is 18.9 Å². The van der Waals surface area contributed by atoms with Crippen molar-refractivity contribution in [3.05, 3.63) is 107 Å². The van der Waals surface area contributed by atoms with E-state index in [2.05, 4.69) is 23.8 Å². The molecule has 0 amide bonds. The number of rotatable bonds is 42. The Morgan fingerprint density at radius 3 is 0.986 bits per heavy atom. The second-order valence-electron chi connectivity index (χ2n) is 19.6. The van der Waals surface area contributed by atoms with Gasteiger partial charge in [0.15, 0.2) is 0 Å². The molecule has 0 heterocycles. The molecule has 400 valence electrons. The summed E-state index contributed by atoms with van der Waals surface area (Å²) in [6, 6.07) is 23.5. The highest BCUT2D eigenvalue weighted by molar-refractivity contribution is 5.92. The number of ether oxygens (including phenoxy) is 4. The van der Waals surface area contributed by atoms with Crippen molar-refractivity contribution in [2.24, 2.45) is 9.98 Å². The summed E-state index contributed by atoms with van der Waals surface area (Å²) in [6.07, 6.45) is 39.5. The van der Waals surface area contributed by atoms with Crippen molar-refractivity contribution in [1.82, 2.24) is 0 Å². The minimum absolute atomic E-state index is 0.00791. The van der Waals surface area contributed by atoms with Gasteiger partial charge < -0.3 is 29.2 Å². The van der Waals surface area contributed by atoms with Crippen LogP contribution >= 0.6 is 0 Å². The Morgan fingerprint density at radius 2 is 0.671 bits per heavy atom. The second-order valence-corrected chi connectivity index (χ2v) is 19.6. The van der Waals surface area contributed by atoms with Gasteiger partial charge in [-0.25, -0.2) is 9.59 Å². The predicted molar refractivity (Wildman–Crippen MR) is 300 cm³/mol. The van der Waals surface area contributed by atoms with E-state index in [1.165, 1.54) is 153 Å². The quantitative estimate of drug-likeness (QED) is 0.0194. The molecule has 2 N–H and O–H groups in total. The lowest BCUT2D eigenvalue weighted by Gasteiger charge is -2.08. The molecule has 0 aliphatic heterocycles. The van der Waals surface area contributed by atoms with Crippen LogP contribution < -0.4 is 18.9 Å². The van der Waals surface area contributed by atoms with E-state index in [1.807, 2.05) is 0 Å². The molecule has 0 saturated carbocycles. The second kappa shape index (κ2) is 38.9. The molecule has 10 heteroatoms. The van der Waals surface area contributed by atoms with Crippen LogP contribution in [0.1, 0.15) is 232 Å². The highest BCUT2D eigenvalue weighted by Crippen LogP contribution is 2.26. The predicted octanol–water partition coefficient (Wildman–Crippen LogP) is 17.2. The Bertz CT molecular complexity index is 1980. The van der Waals surface area contributed by atoms with E-state index in [0.29, 0.717) is 48.6 Å². The number of benzene rings is 4. The molecule has 0 saturated heterocycles. The standard InChI is InChI=1S/C63H90N2O8/c1-3-5-7-9-11-13-15-17-19-21-26-30-46-70-56-38-32-52(33-39-56)62(68)72-58-42-36-54(60(66)48-58)50-64-44-28-24-23-25-29-45-65-51-55-37-43-59(49-61(55)67)73-63(69)53-34-40-57(41-35-53)71-47-31-27-22-20-18-16-14-12-10-8-6-4-2/h32-43,48-51,66-67H,3-31,44-47H2,1-2H3. The normalized spacial score (nSPS) is 11.4. The SMILES string of the molecule is CCCCCCCCCCCCCCOc1ccc(C(=O)Oc2ccc(C=NCCCCCCCN=Cc3ccc(OC(=O)c4ccc(OCCCCCCCCCCCCCC)cc4)cc3O)c(O)c2)cc1. The van der Waals surface area contributed by atoms with Crippen molar-refractivity contribution in [1.29, 1.82) is 0 Å². The van der Waals surface area contributed by atoms with E-state index in [-0.39, 0.29) is 23.0 Å². The lowest BCUT2D eigenvalue weighted by molar-refractivity contribution is 0.0724. The molecular weight excluding hydrogens is 913 g/mol. The van der Waals surface area contributed by atoms with Crippen LogP contribution in [0.25, 0.3) is 0 Å². The Balaban J connectivity index is 0.992. The van der Waals surface area contributed by atoms with Gasteiger partial charge in [0.25, 0.3) is 0 Å². The number of esters is 2. The van der Waals surface area contributed by atoms with Gasteiger partial charge in [0.05, 0.1) is 24.3 Å². The maximum absolute atomic E-state index is 12.8. The lowest BCUT2D eigenvalue weighted by atomic mass is 10.1. The number of aliphatic imine (C=N–C) groups is 2. The fraction of sp³-hybridized carbons (Fsp3) is 0.556. The van der Waals surface area contributed by atoms with Crippen LogP contribution in [0.4, 0.5) is 0 Å². The average molecular weight is 1000 g/mol. The molecule has 4 aromatic rings. The molecule has 73 heavy (non-hydrogen) atoms. The van der Waals surface area contributed by atoms with Crippen molar-refractivity contribution in [2.45, 2.75) is 200 Å². The van der Waals surface area contributed by atoms with Gasteiger partial charge in [0.1, 0.15) is 34.5 Å². The minimum atomic E-state index is -0.505. The Kier molecular flexibility index (Phi) is 31.9. The number of phenolic OH excluding ortho intramolecular Hbond substituents is 2. The summed E-state index contributed by atoms with van der Waals surface area (Å²) in [5.41, 5.74) is 1.92. The Labute approximate surface area is 439 Å². The number of aromatic hydroxyl groups is 2. The number of nitrogens with zero attached hydrogens (tertiary/aromatic N) is 2. The van der Waals surface area contributed by atoms with E-state index < -0.39 is 11.9 Å². The Hall–Kier alpha value is -5.64. The van der Waals surface area contributed by atoms with Crippen molar-refractivity contribution in [3.8, 4) is 34.5 Å². The molecule has 0 aliphatic carbocycles. The van der Waals surface area contributed by atoms with Crippen LogP contribution in [0.3, 0.4) is 0 Å². The van der Waals surface area contributed by atoms with Gasteiger partial charge in [-0.2, -0.15) is 0 Å². The largest absolute Gasteiger partial charge is 0.507 e. The third kappa shape index (κ3) is 27.3. The first kappa shape index (κ1) is 59.9. The van der Waals surface area contributed by atoms with Crippen LogP contribution in [0.15, 0.2) is 94.9 Å². The molecule has 4 aromatic carbocycles. The first-order valence-corrected chi connectivity index (χ1v) is 28.4.